The van der Waals surface area contributed by atoms with Crippen molar-refractivity contribution < 1.29 is 43.1 Å². The number of ether oxygens (including phenoxy) is 6. The van der Waals surface area contributed by atoms with Gasteiger partial charge in [0.1, 0.15) is 24.9 Å². The summed E-state index contributed by atoms with van der Waals surface area (Å²) in [5.74, 6) is -1.62. The van der Waals surface area contributed by atoms with Crippen molar-refractivity contribution in [2.24, 2.45) is 17.8 Å². The number of aliphatic hydroxyl groups excluding tert-OH is 1. The molecule has 1 N–H and O–H groups in total. The number of hydrogen-bond acceptors (Lipinski definition) is 9. The van der Waals surface area contributed by atoms with Gasteiger partial charge in [-0.1, -0.05) is 94.4 Å². The molecule has 0 radical (unpaired) electrons. The summed E-state index contributed by atoms with van der Waals surface area (Å²) in [6, 6.07) is 27.0. The third-order valence-electron chi connectivity index (χ3n) is 9.14. The summed E-state index contributed by atoms with van der Waals surface area (Å²) in [7, 11) is 0. The molecule has 2 heterocycles. The summed E-state index contributed by atoms with van der Waals surface area (Å²) in [6.45, 7) is 8.19. The molecule has 4 unspecified atom stereocenters. The quantitative estimate of drug-likeness (QED) is 0.262. The molecule has 46 heavy (non-hydrogen) atoms. The fraction of sp³-hybridized carbons (Fsp3) is 0.459. The van der Waals surface area contributed by atoms with Crippen LogP contribution in [0.5, 0.6) is 0 Å². The maximum absolute atomic E-state index is 13.2. The molecule has 10 atom stereocenters. The van der Waals surface area contributed by atoms with Gasteiger partial charge in [-0.25, -0.2) is 9.59 Å². The van der Waals surface area contributed by atoms with Crippen molar-refractivity contribution in [3.63, 3.8) is 0 Å². The first-order valence-electron chi connectivity index (χ1n) is 16.0. The van der Waals surface area contributed by atoms with Crippen LogP contribution in [-0.2, 0) is 35.0 Å². The first kappa shape index (κ1) is 33.8. The minimum absolute atomic E-state index is 0.0422. The second kappa shape index (κ2) is 15.8. The van der Waals surface area contributed by atoms with Crippen molar-refractivity contribution in [3.05, 3.63) is 108 Å². The first-order chi connectivity index (χ1) is 22.3. The molecule has 9 nitrogen and oxygen atoms in total. The zero-order valence-corrected chi connectivity index (χ0v) is 26.8. The van der Waals surface area contributed by atoms with Crippen LogP contribution < -0.4 is 0 Å². The van der Waals surface area contributed by atoms with Gasteiger partial charge in [0, 0.05) is 5.92 Å². The van der Waals surface area contributed by atoms with Crippen molar-refractivity contribution in [2.75, 3.05) is 6.61 Å². The number of esters is 2. The van der Waals surface area contributed by atoms with Crippen LogP contribution in [0.4, 0.5) is 0 Å². The Morgan fingerprint density at radius 2 is 1.26 bits per heavy atom. The van der Waals surface area contributed by atoms with Crippen molar-refractivity contribution in [1.29, 1.82) is 0 Å². The zero-order chi connectivity index (χ0) is 32.6. The summed E-state index contributed by atoms with van der Waals surface area (Å²) in [5.41, 5.74) is 1.72. The SMILES string of the molecule is CCC1O[C@@H](OCc2ccccc2)C(O[C@@H]2OC(COC(=O)c3ccccc3)[C@H](C)[C@H](O)C2OC(=O)c2ccccc2)[C@@H](C)[C@H]1C. The highest BCUT2D eigenvalue weighted by atomic mass is 16.8. The Morgan fingerprint density at radius 1 is 0.696 bits per heavy atom. The molecular formula is C37H44O9. The van der Waals surface area contributed by atoms with Gasteiger partial charge in [0.2, 0.25) is 0 Å². The van der Waals surface area contributed by atoms with E-state index in [2.05, 4.69) is 20.8 Å². The maximum atomic E-state index is 13.2. The Bertz CT molecular complexity index is 1380. The lowest BCUT2D eigenvalue weighted by atomic mass is 9.82. The zero-order valence-electron chi connectivity index (χ0n) is 26.8. The van der Waals surface area contributed by atoms with E-state index in [4.69, 9.17) is 28.4 Å². The lowest BCUT2D eigenvalue weighted by Crippen LogP contribution is -2.60. The number of benzene rings is 3. The normalized spacial score (nSPS) is 31.2. The molecule has 3 aromatic carbocycles. The van der Waals surface area contributed by atoms with Crippen LogP contribution >= 0.6 is 0 Å². The van der Waals surface area contributed by atoms with Crippen molar-refractivity contribution in [3.8, 4) is 0 Å². The molecule has 9 heteroatoms. The van der Waals surface area contributed by atoms with Crippen LogP contribution in [0.1, 0.15) is 60.4 Å². The van der Waals surface area contributed by atoms with Crippen molar-refractivity contribution in [1.82, 2.24) is 0 Å². The van der Waals surface area contributed by atoms with Gasteiger partial charge in [0.15, 0.2) is 18.7 Å². The Morgan fingerprint density at radius 3 is 1.87 bits per heavy atom. The standard InChI is InChI=1S/C37H44O9/c1-5-29-23(2)24(3)32(36(43-29)42-21-26-15-9-6-10-16-26)46-37-33(45-35(40)28-19-13-8-14-20-28)31(38)25(4)30(44-37)22-41-34(39)27-17-11-7-12-18-27/h6-20,23-25,29-33,36-38H,5,21-22H2,1-4H3/t23-,24+,25+,29?,30?,31+,32?,33?,36-,37+/m1/s1. The molecule has 2 fully saturated rings. The lowest BCUT2D eigenvalue weighted by molar-refractivity contribution is -0.351. The Kier molecular flexibility index (Phi) is 11.6. The van der Waals surface area contributed by atoms with E-state index in [1.165, 1.54) is 0 Å². The third-order valence-corrected chi connectivity index (χ3v) is 9.14. The Labute approximate surface area is 270 Å². The van der Waals surface area contributed by atoms with Crippen LogP contribution in [0.3, 0.4) is 0 Å². The fourth-order valence-corrected chi connectivity index (χ4v) is 6.02. The number of carbonyl (C=O) groups is 2. The predicted octanol–water partition coefficient (Wildman–Crippen LogP) is 5.80. The molecule has 0 aromatic heterocycles. The Balaban J connectivity index is 1.38. The third kappa shape index (κ3) is 8.03. The van der Waals surface area contributed by atoms with Crippen LogP contribution in [-0.4, -0.2) is 66.8 Å². The number of hydrogen-bond donors (Lipinski definition) is 1. The van der Waals surface area contributed by atoms with E-state index in [0.717, 1.165) is 12.0 Å². The van der Waals surface area contributed by atoms with Gasteiger partial charge in [-0.3, -0.25) is 0 Å². The molecule has 0 aliphatic carbocycles. The molecule has 246 valence electrons. The van der Waals surface area contributed by atoms with Crippen LogP contribution in [0.2, 0.25) is 0 Å². The molecular weight excluding hydrogens is 588 g/mol. The van der Waals surface area contributed by atoms with Gasteiger partial charge in [0.25, 0.3) is 0 Å². The summed E-state index contributed by atoms with van der Waals surface area (Å²) in [5, 5.41) is 11.6. The first-order valence-corrected chi connectivity index (χ1v) is 16.0. The molecule has 0 saturated carbocycles. The smallest absolute Gasteiger partial charge is 0.338 e. The van der Waals surface area contributed by atoms with Gasteiger partial charge < -0.3 is 33.5 Å². The number of rotatable bonds is 11. The largest absolute Gasteiger partial charge is 0.459 e. The minimum atomic E-state index is -1.21. The predicted molar refractivity (Wildman–Crippen MR) is 170 cm³/mol. The molecule has 0 bridgehead atoms. The van der Waals surface area contributed by atoms with E-state index < -0.39 is 54.9 Å². The summed E-state index contributed by atoms with van der Waals surface area (Å²) >= 11 is 0. The van der Waals surface area contributed by atoms with E-state index in [9.17, 15) is 14.7 Å². The molecule has 0 amide bonds. The fourth-order valence-electron chi connectivity index (χ4n) is 6.02. The summed E-state index contributed by atoms with van der Waals surface area (Å²) in [4.78, 5) is 26.0. The monoisotopic (exact) mass is 632 g/mol. The van der Waals surface area contributed by atoms with E-state index in [1.807, 2.05) is 36.4 Å². The van der Waals surface area contributed by atoms with Crippen molar-refractivity contribution in [2.45, 2.75) is 83.8 Å². The van der Waals surface area contributed by atoms with E-state index in [1.54, 1.807) is 61.5 Å². The Hall–Kier alpha value is -3.60. The molecule has 5 rings (SSSR count). The van der Waals surface area contributed by atoms with Gasteiger partial charge in [0.05, 0.1) is 23.8 Å². The van der Waals surface area contributed by atoms with Gasteiger partial charge in [-0.05, 0) is 48.1 Å². The maximum Gasteiger partial charge on any atom is 0.338 e. The molecule has 2 aliphatic rings. The van der Waals surface area contributed by atoms with E-state index >= 15 is 0 Å². The molecule has 2 aliphatic heterocycles. The lowest BCUT2D eigenvalue weighted by Gasteiger charge is -2.48. The topological polar surface area (TPSA) is 110 Å². The average Bonchev–Trinajstić information content (AvgIpc) is 3.09. The second-order valence-corrected chi connectivity index (χ2v) is 12.2. The number of aliphatic hydroxyl groups is 1. The van der Waals surface area contributed by atoms with Crippen LogP contribution in [0.25, 0.3) is 0 Å². The van der Waals surface area contributed by atoms with Gasteiger partial charge in [-0.2, -0.15) is 0 Å². The highest BCUT2D eigenvalue weighted by Gasteiger charge is 2.50. The summed E-state index contributed by atoms with van der Waals surface area (Å²) < 4.78 is 37.3. The minimum Gasteiger partial charge on any atom is -0.459 e. The number of carbonyl (C=O) groups excluding carboxylic acids is 2. The van der Waals surface area contributed by atoms with E-state index in [0.29, 0.717) is 17.7 Å². The highest BCUT2D eigenvalue weighted by molar-refractivity contribution is 5.89. The highest BCUT2D eigenvalue weighted by Crippen LogP contribution is 2.38. The van der Waals surface area contributed by atoms with Crippen LogP contribution in [0, 0.1) is 17.8 Å². The second-order valence-electron chi connectivity index (χ2n) is 12.2. The molecule has 0 spiro atoms. The average molecular weight is 633 g/mol. The molecule has 3 aromatic rings. The summed E-state index contributed by atoms with van der Waals surface area (Å²) in [6.07, 6.45) is -4.95. The van der Waals surface area contributed by atoms with Gasteiger partial charge in [-0.15, -0.1) is 0 Å². The van der Waals surface area contributed by atoms with E-state index in [-0.39, 0.29) is 24.5 Å². The van der Waals surface area contributed by atoms with Crippen LogP contribution in [0.15, 0.2) is 91.0 Å². The van der Waals surface area contributed by atoms with Crippen molar-refractivity contribution >= 4 is 11.9 Å². The molecule has 2 saturated heterocycles. The van der Waals surface area contributed by atoms with Gasteiger partial charge >= 0.3 is 11.9 Å².